The van der Waals surface area contributed by atoms with Gasteiger partial charge in [-0.25, -0.2) is 15.0 Å². The number of fused-ring (bicyclic) bond motifs is 3. The van der Waals surface area contributed by atoms with Crippen molar-refractivity contribution in [2.45, 2.75) is 0 Å². The Kier molecular flexibility index (Phi) is 6.63. The van der Waals surface area contributed by atoms with Crippen molar-refractivity contribution in [3.8, 4) is 73.2 Å². The standard InChI is InChI=1S/C51H34N4/c1-5-16-35(17-6-1)37-28-30-39(31-29-37)50-52-49(38-20-9-3-10-21-38)53-51(54-50)42-33-40(36-18-7-2-8-19-36)32-41(34-42)44-25-15-26-46-45-24-13-14-27-47(45)55(48(44)46)43-22-11-4-12-23-43/h1-34H/i13D,14D,15D,24D,26D,27D. The fourth-order valence-electron chi connectivity index (χ4n) is 7.18. The van der Waals surface area contributed by atoms with Crippen LogP contribution in [0.1, 0.15) is 8.22 Å². The Balaban J connectivity index is 1.27. The molecule has 0 fully saturated rings. The van der Waals surface area contributed by atoms with Crippen molar-refractivity contribution in [3.05, 3.63) is 206 Å². The topological polar surface area (TPSA) is 43.6 Å². The van der Waals surface area contributed by atoms with Crippen LogP contribution in [-0.4, -0.2) is 19.5 Å². The van der Waals surface area contributed by atoms with Crippen LogP contribution in [0, 0.1) is 0 Å². The van der Waals surface area contributed by atoms with Crippen LogP contribution in [0.2, 0.25) is 0 Å². The Morgan fingerprint density at radius 3 is 1.47 bits per heavy atom. The maximum Gasteiger partial charge on any atom is 0.164 e. The molecule has 8 aromatic carbocycles. The molecule has 0 spiro atoms. The molecular formula is C51H34N4. The first-order valence-electron chi connectivity index (χ1n) is 21.0. The van der Waals surface area contributed by atoms with Crippen LogP contribution in [-0.2, 0) is 0 Å². The molecule has 0 unspecified atom stereocenters. The zero-order chi connectivity index (χ0) is 41.8. The van der Waals surface area contributed by atoms with Gasteiger partial charge in [-0.3, -0.25) is 0 Å². The highest BCUT2D eigenvalue weighted by molar-refractivity contribution is 6.14. The molecule has 4 nitrogen and oxygen atoms in total. The molecule has 2 aromatic heterocycles. The highest BCUT2D eigenvalue weighted by Crippen LogP contribution is 2.40. The number of hydrogen-bond acceptors (Lipinski definition) is 3. The van der Waals surface area contributed by atoms with Gasteiger partial charge in [-0.1, -0.05) is 170 Å². The SMILES string of the molecule is [2H]c1cc(-c2cc(-c3ccccc3)cc(-c3nc(-c4ccccc4)nc(-c4ccc(-c5ccccc5)cc4)n3)c2)c2c(c1[2H])c1c([2H])c([2H])c([2H])c([2H])c1n2-c1ccccc1. The van der Waals surface area contributed by atoms with Gasteiger partial charge < -0.3 is 4.57 Å². The maximum absolute atomic E-state index is 9.24. The molecule has 0 saturated heterocycles. The molecular weight excluding hydrogens is 669 g/mol. The lowest BCUT2D eigenvalue weighted by atomic mass is 9.94. The second kappa shape index (κ2) is 13.8. The van der Waals surface area contributed by atoms with Gasteiger partial charge >= 0.3 is 0 Å². The number of nitrogens with zero attached hydrogens (tertiary/aromatic N) is 4. The predicted octanol–water partition coefficient (Wildman–Crippen LogP) is 13.0. The normalized spacial score (nSPS) is 12.8. The predicted molar refractivity (Wildman–Crippen MR) is 227 cm³/mol. The molecule has 10 aromatic rings. The summed E-state index contributed by atoms with van der Waals surface area (Å²) in [6.45, 7) is 0. The van der Waals surface area contributed by atoms with Crippen molar-refractivity contribution in [3.63, 3.8) is 0 Å². The third-order valence-electron chi connectivity index (χ3n) is 9.81. The van der Waals surface area contributed by atoms with Crippen molar-refractivity contribution in [1.29, 1.82) is 0 Å². The molecule has 0 atom stereocenters. The molecule has 10 rings (SSSR count). The Labute approximate surface area is 328 Å². The quantitative estimate of drug-likeness (QED) is 0.166. The largest absolute Gasteiger partial charge is 0.309 e. The van der Waals surface area contributed by atoms with Gasteiger partial charge in [-0.15, -0.1) is 0 Å². The van der Waals surface area contributed by atoms with Gasteiger partial charge in [-0.05, 0) is 64.2 Å². The molecule has 55 heavy (non-hydrogen) atoms. The van der Waals surface area contributed by atoms with E-state index in [1.807, 2.05) is 140 Å². The van der Waals surface area contributed by atoms with Crippen LogP contribution in [0.15, 0.2) is 206 Å². The average Bonchev–Trinajstić information content (AvgIpc) is 3.69. The Morgan fingerprint density at radius 1 is 0.364 bits per heavy atom. The molecule has 4 heteroatoms. The monoisotopic (exact) mass is 708 g/mol. The number of hydrogen-bond donors (Lipinski definition) is 0. The third kappa shape index (κ3) is 6.06. The van der Waals surface area contributed by atoms with Crippen LogP contribution in [0.5, 0.6) is 0 Å². The van der Waals surface area contributed by atoms with E-state index in [9.17, 15) is 1.37 Å². The Hall–Kier alpha value is -7.43. The summed E-state index contributed by atoms with van der Waals surface area (Å²) in [5.41, 5.74) is 8.91. The van der Waals surface area contributed by atoms with E-state index >= 15 is 0 Å². The van der Waals surface area contributed by atoms with Gasteiger partial charge in [0.05, 0.1) is 19.3 Å². The lowest BCUT2D eigenvalue weighted by Crippen LogP contribution is -2.01. The van der Waals surface area contributed by atoms with Crippen molar-refractivity contribution >= 4 is 21.8 Å². The summed E-state index contributed by atoms with van der Waals surface area (Å²) in [7, 11) is 0. The van der Waals surface area contributed by atoms with Crippen molar-refractivity contribution in [1.82, 2.24) is 19.5 Å². The van der Waals surface area contributed by atoms with Gasteiger partial charge in [0.15, 0.2) is 17.5 Å². The van der Waals surface area contributed by atoms with Gasteiger partial charge in [0.25, 0.3) is 0 Å². The first-order chi connectivity index (χ1) is 29.7. The zero-order valence-corrected chi connectivity index (χ0v) is 29.5. The minimum atomic E-state index is -0.399. The highest BCUT2D eigenvalue weighted by atomic mass is 15.0. The van der Waals surface area contributed by atoms with Crippen LogP contribution in [0.25, 0.3) is 95.0 Å². The summed E-state index contributed by atoms with van der Waals surface area (Å²) >= 11 is 0. The molecule has 2 heterocycles. The Morgan fingerprint density at radius 2 is 0.818 bits per heavy atom. The van der Waals surface area contributed by atoms with Gasteiger partial charge in [0.1, 0.15) is 0 Å². The molecule has 0 amide bonds. The first-order valence-corrected chi connectivity index (χ1v) is 18.0. The molecule has 258 valence electrons. The summed E-state index contributed by atoms with van der Waals surface area (Å²) in [5.74, 6) is 1.43. The third-order valence-corrected chi connectivity index (χ3v) is 9.81. The maximum atomic E-state index is 9.24. The van der Waals surface area contributed by atoms with Gasteiger partial charge in [-0.2, -0.15) is 0 Å². The Bertz CT molecular complexity index is 3290. The van der Waals surface area contributed by atoms with Crippen LogP contribution in [0.3, 0.4) is 0 Å². The number of benzene rings is 8. The van der Waals surface area contributed by atoms with Crippen molar-refractivity contribution < 1.29 is 8.22 Å². The molecule has 0 saturated carbocycles. The minimum absolute atomic E-state index is 0.0820. The van der Waals surface area contributed by atoms with Crippen LogP contribution < -0.4 is 0 Å². The molecule has 0 bridgehead atoms. The second-order valence-electron chi connectivity index (χ2n) is 13.2. The molecule has 0 aliphatic carbocycles. The molecule has 0 N–H and O–H groups in total. The fraction of sp³-hybridized carbons (Fsp3) is 0. The lowest BCUT2D eigenvalue weighted by Gasteiger charge is -2.15. The van der Waals surface area contributed by atoms with Crippen LogP contribution in [0.4, 0.5) is 0 Å². The zero-order valence-electron chi connectivity index (χ0n) is 35.5. The number of rotatable bonds is 7. The summed E-state index contributed by atoms with van der Waals surface area (Å²) in [4.78, 5) is 15.2. The first kappa shape index (κ1) is 26.4. The van der Waals surface area contributed by atoms with E-state index in [0.29, 0.717) is 45.4 Å². The summed E-state index contributed by atoms with van der Waals surface area (Å²) < 4.78 is 55.7. The minimum Gasteiger partial charge on any atom is -0.309 e. The van der Waals surface area contributed by atoms with E-state index in [1.54, 1.807) is 10.6 Å². The summed E-state index contributed by atoms with van der Waals surface area (Å²) in [6.07, 6.45) is 0. The highest BCUT2D eigenvalue weighted by Gasteiger charge is 2.19. The fourth-order valence-corrected chi connectivity index (χ4v) is 7.18. The molecule has 0 aliphatic rings. The second-order valence-corrected chi connectivity index (χ2v) is 13.2. The van der Waals surface area contributed by atoms with Gasteiger partial charge in [0.2, 0.25) is 0 Å². The van der Waals surface area contributed by atoms with E-state index < -0.39 is 6.04 Å². The smallest absolute Gasteiger partial charge is 0.164 e. The van der Waals surface area contributed by atoms with Crippen molar-refractivity contribution in [2.24, 2.45) is 0 Å². The lowest BCUT2D eigenvalue weighted by molar-refractivity contribution is 1.07. The van der Waals surface area contributed by atoms with E-state index in [0.717, 1.165) is 33.4 Å². The summed E-state index contributed by atoms with van der Waals surface area (Å²) in [5, 5.41) is 0.463. The average molecular weight is 709 g/mol. The number of para-hydroxylation sites is 3. The summed E-state index contributed by atoms with van der Waals surface area (Å²) in [6, 6.07) is 53.7. The molecule has 0 aliphatic heterocycles. The van der Waals surface area contributed by atoms with Gasteiger partial charge in [0, 0.05) is 38.7 Å². The van der Waals surface area contributed by atoms with E-state index in [1.165, 1.54) is 0 Å². The van der Waals surface area contributed by atoms with Crippen LogP contribution >= 0.6 is 0 Å². The van der Waals surface area contributed by atoms with E-state index in [2.05, 4.69) is 24.3 Å². The van der Waals surface area contributed by atoms with E-state index in [4.69, 9.17) is 21.8 Å². The van der Waals surface area contributed by atoms with Crippen molar-refractivity contribution in [2.75, 3.05) is 0 Å². The molecule has 0 radical (unpaired) electrons. The number of aromatic nitrogens is 4. The van der Waals surface area contributed by atoms with E-state index in [-0.39, 0.29) is 46.5 Å².